The second-order valence-corrected chi connectivity index (χ2v) is 5.43. The Morgan fingerprint density at radius 2 is 2.18 bits per heavy atom. The van der Waals surface area contributed by atoms with E-state index in [1.165, 1.54) is 0 Å². The van der Waals surface area contributed by atoms with Gasteiger partial charge in [0.2, 0.25) is 5.91 Å². The van der Waals surface area contributed by atoms with Crippen LogP contribution in [-0.2, 0) is 9.53 Å². The van der Waals surface area contributed by atoms with Crippen LogP contribution in [0.5, 0.6) is 0 Å². The molecule has 1 amide bonds. The Morgan fingerprint density at radius 3 is 2.76 bits per heavy atom. The topological polar surface area (TPSA) is 50.4 Å². The third-order valence-electron chi connectivity index (χ3n) is 3.19. The molecule has 0 aromatic rings. The van der Waals surface area contributed by atoms with Crippen molar-refractivity contribution in [2.24, 2.45) is 11.8 Å². The average Bonchev–Trinajstić information content (AvgIpc) is 2.28. The lowest BCUT2D eigenvalue weighted by Gasteiger charge is -2.31. The molecule has 1 rings (SSSR count). The Balaban J connectivity index is 2.31. The Bertz CT molecular complexity index is 244. The molecule has 0 aromatic carbocycles. The molecule has 2 N–H and O–H groups in total. The van der Waals surface area contributed by atoms with E-state index in [9.17, 15) is 4.79 Å². The standard InChI is InChI=1S/C13H26N2O2/c1-9(2)7-15-13(16)11(4)17-12-8-14-6-5-10(12)3/h9-12,14H,5-8H2,1-4H3,(H,15,16). The fraction of sp³-hybridized carbons (Fsp3) is 0.923. The summed E-state index contributed by atoms with van der Waals surface area (Å²) in [5.74, 6) is 0.995. The molecule has 0 spiro atoms. The molecule has 17 heavy (non-hydrogen) atoms. The van der Waals surface area contributed by atoms with E-state index in [-0.39, 0.29) is 18.1 Å². The Kier molecular flexibility index (Phi) is 5.92. The molecule has 100 valence electrons. The van der Waals surface area contributed by atoms with Crippen LogP contribution in [0.3, 0.4) is 0 Å². The maximum absolute atomic E-state index is 11.8. The number of carbonyl (C=O) groups excluding carboxylic acids is 1. The predicted octanol–water partition coefficient (Wildman–Crippen LogP) is 1.16. The summed E-state index contributed by atoms with van der Waals surface area (Å²) in [6.45, 7) is 10.8. The van der Waals surface area contributed by atoms with Crippen molar-refractivity contribution in [3.63, 3.8) is 0 Å². The minimum Gasteiger partial charge on any atom is -0.364 e. The van der Waals surface area contributed by atoms with Gasteiger partial charge in [-0.15, -0.1) is 0 Å². The predicted molar refractivity (Wildman–Crippen MR) is 68.8 cm³/mol. The molecule has 0 aliphatic carbocycles. The molecule has 0 bridgehead atoms. The molecule has 3 atom stereocenters. The number of ether oxygens (including phenoxy) is 1. The second kappa shape index (κ2) is 6.97. The Morgan fingerprint density at radius 1 is 1.47 bits per heavy atom. The van der Waals surface area contributed by atoms with E-state index in [1.807, 2.05) is 6.92 Å². The van der Waals surface area contributed by atoms with Gasteiger partial charge in [-0.2, -0.15) is 0 Å². The number of amides is 1. The van der Waals surface area contributed by atoms with Crippen molar-refractivity contribution in [2.45, 2.75) is 46.3 Å². The van der Waals surface area contributed by atoms with Crippen LogP contribution in [0, 0.1) is 11.8 Å². The van der Waals surface area contributed by atoms with Crippen LogP contribution < -0.4 is 10.6 Å². The summed E-state index contributed by atoms with van der Waals surface area (Å²) in [4.78, 5) is 11.8. The second-order valence-electron chi connectivity index (χ2n) is 5.43. The first-order valence-electron chi connectivity index (χ1n) is 6.64. The first-order valence-corrected chi connectivity index (χ1v) is 6.64. The third-order valence-corrected chi connectivity index (χ3v) is 3.19. The molecule has 1 fully saturated rings. The minimum atomic E-state index is -0.360. The van der Waals surface area contributed by atoms with Gasteiger partial charge in [-0.3, -0.25) is 4.79 Å². The number of piperidine rings is 1. The van der Waals surface area contributed by atoms with Gasteiger partial charge in [-0.25, -0.2) is 0 Å². The molecular formula is C13H26N2O2. The van der Waals surface area contributed by atoms with Gasteiger partial charge in [0.05, 0.1) is 6.10 Å². The lowest BCUT2D eigenvalue weighted by molar-refractivity contribution is -0.138. The lowest BCUT2D eigenvalue weighted by Crippen LogP contribution is -2.46. The number of hydrogen-bond donors (Lipinski definition) is 2. The summed E-state index contributed by atoms with van der Waals surface area (Å²) in [5.41, 5.74) is 0. The van der Waals surface area contributed by atoms with E-state index in [2.05, 4.69) is 31.4 Å². The van der Waals surface area contributed by atoms with Gasteiger partial charge in [0.1, 0.15) is 6.10 Å². The fourth-order valence-electron chi connectivity index (χ4n) is 1.92. The van der Waals surface area contributed by atoms with Crippen LogP contribution in [0.15, 0.2) is 0 Å². The zero-order valence-electron chi connectivity index (χ0n) is 11.5. The first-order chi connectivity index (χ1) is 8.00. The van der Waals surface area contributed by atoms with Crippen LogP contribution in [0.2, 0.25) is 0 Å². The summed E-state index contributed by atoms with van der Waals surface area (Å²) < 4.78 is 5.82. The van der Waals surface area contributed by atoms with Crippen LogP contribution >= 0.6 is 0 Å². The zero-order valence-corrected chi connectivity index (χ0v) is 11.5. The van der Waals surface area contributed by atoms with Gasteiger partial charge in [0.25, 0.3) is 0 Å². The number of hydrogen-bond acceptors (Lipinski definition) is 3. The van der Waals surface area contributed by atoms with Gasteiger partial charge in [0, 0.05) is 13.1 Å². The van der Waals surface area contributed by atoms with Crippen LogP contribution in [0.1, 0.15) is 34.1 Å². The monoisotopic (exact) mass is 242 g/mol. The highest BCUT2D eigenvalue weighted by Gasteiger charge is 2.25. The van der Waals surface area contributed by atoms with Crippen molar-refractivity contribution < 1.29 is 9.53 Å². The largest absolute Gasteiger partial charge is 0.364 e. The van der Waals surface area contributed by atoms with Crippen molar-refractivity contribution in [2.75, 3.05) is 19.6 Å². The van der Waals surface area contributed by atoms with Gasteiger partial charge in [-0.05, 0) is 31.7 Å². The number of nitrogens with one attached hydrogen (secondary N) is 2. The maximum Gasteiger partial charge on any atom is 0.248 e. The van der Waals surface area contributed by atoms with E-state index in [0.29, 0.717) is 18.4 Å². The van der Waals surface area contributed by atoms with Crippen LogP contribution in [-0.4, -0.2) is 37.7 Å². The molecule has 4 heteroatoms. The van der Waals surface area contributed by atoms with Gasteiger partial charge in [0.15, 0.2) is 0 Å². The van der Waals surface area contributed by atoms with Crippen LogP contribution in [0.4, 0.5) is 0 Å². The number of carbonyl (C=O) groups is 1. The van der Waals surface area contributed by atoms with Gasteiger partial charge >= 0.3 is 0 Å². The van der Waals surface area contributed by atoms with Crippen LogP contribution in [0.25, 0.3) is 0 Å². The summed E-state index contributed by atoms with van der Waals surface area (Å²) >= 11 is 0. The first kappa shape index (κ1) is 14.5. The lowest BCUT2D eigenvalue weighted by atomic mass is 9.97. The van der Waals surface area contributed by atoms with Crippen molar-refractivity contribution in [1.82, 2.24) is 10.6 Å². The zero-order chi connectivity index (χ0) is 12.8. The summed E-state index contributed by atoms with van der Waals surface area (Å²) in [5, 5.41) is 6.20. The van der Waals surface area contributed by atoms with E-state index >= 15 is 0 Å². The highest BCUT2D eigenvalue weighted by Crippen LogP contribution is 2.16. The van der Waals surface area contributed by atoms with Crippen molar-refractivity contribution in [3.05, 3.63) is 0 Å². The number of rotatable bonds is 5. The normalized spacial score (nSPS) is 26.9. The molecule has 0 radical (unpaired) electrons. The smallest absolute Gasteiger partial charge is 0.248 e. The van der Waals surface area contributed by atoms with Crippen molar-refractivity contribution in [1.29, 1.82) is 0 Å². The van der Waals surface area contributed by atoms with E-state index in [1.54, 1.807) is 0 Å². The highest BCUT2D eigenvalue weighted by molar-refractivity contribution is 5.80. The molecule has 1 aliphatic heterocycles. The maximum atomic E-state index is 11.8. The van der Waals surface area contributed by atoms with Gasteiger partial charge < -0.3 is 15.4 Å². The summed E-state index contributed by atoms with van der Waals surface area (Å²) in [7, 11) is 0. The quantitative estimate of drug-likeness (QED) is 0.760. The third kappa shape index (κ3) is 5.04. The van der Waals surface area contributed by atoms with Crippen molar-refractivity contribution in [3.8, 4) is 0 Å². The molecule has 3 unspecified atom stereocenters. The Hall–Kier alpha value is -0.610. The molecule has 1 saturated heterocycles. The summed E-state index contributed by atoms with van der Waals surface area (Å²) in [6, 6.07) is 0. The highest BCUT2D eigenvalue weighted by atomic mass is 16.5. The fourth-order valence-corrected chi connectivity index (χ4v) is 1.92. The Labute approximate surface area is 104 Å². The average molecular weight is 242 g/mol. The van der Waals surface area contributed by atoms with E-state index < -0.39 is 0 Å². The molecule has 1 aliphatic rings. The molecule has 0 saturated carbocycles. The van der Waals surface area contributed by atoms with Crippen molar-refractivity contribution >= 4 is 5.91 Å². The molecular weight excluding hydrogens is 216 g/mol. The van der Waals surface area contributed by atoms with E-state index in [0.717, 1.165) is 19.5 Å². The SMILES string of the molecule is CC(C)CNC(=O)C(C)OC1CNCCC1C. The molecule has 0 aromatic heterocycles. The minimum absolute atomic E-state index is 0.00327. The molecule has 1 heterocycles. The molecule has 4 nitrogen and oxygen atoms in total. The summed E-state index contributed by atoms with van der Waals surface area (Å²) in [6.07, 6.45) is 0.912. The van der Waals surface area contributed by atoms with E-state index in [4.69, 9.17) is 4.74 Å². The van der Waals surface area contributed by atoms with Gasteiger partial charge in [-0.1, -0.05) is 20.8 Å².